The fraction of sp³-hybridized carbons (Fsp3) is 0.395. The van der Waals surface area contributed by atoms with E-state index in [1.165, 1.54) is 44.5 Å². The van der Waals surface area contributed by atoms with Gasteiger partial charge in [0.05, 0.1) is 28.4 Å². The van der Waals surface area contributed by atoms with Gasteiger partial charge in [-0.15, -0.1) is 0 Å². The first-order valence-corrected chi connectivity index (χ1v) is 31.8. The fourth-order valence-electron chi connectivity index (χ4n) is 12.2. The number of benzene rings is 7. The minimum absolute atomic E-state index is 0.156. The number of hydrogen-bond acceptors (Lipinski definition) is 7. The Hall–Kier alpha value is -8.15. The predicted octanol–water partition coefficient (Wildman–Crippen LogP) is 21.4. The van der Waals surface area contributed by atoms with Crippen LogP contribution in [0.25, 0.3) is 95.8 Å². The number of para-hydroxylation sites is 1. The molecule has 0 saturated heterocycles. The predicted molar refractivity (Wildman–Crippen MR) is 374 cm³/mol. The largest absolute Gasteiger partial charge is 0.308 e. The summed E-state index contributed by atoms with van der Waals surface area (Å²) in [5.74, 6) is 3.51. The highest BCUT2D eigenvalue weighted by atomic mass is 15.1. The normalized spacial score (nSPS) is 13.2. The Morgan fingerprint density at radius 2 is 0.663 bits per heavy atom. The lowest BCUT2D eigenvalue weighted by Gasteiger charge is -2.31. The molecule has 8 nitrogen and oxygen atoms in total. The van der Waals surface area contributed by atoms with Gasteiger partial charge in [0.1, 0.15) is 0 Å². The van der Waals surface area contributed by atoms with Crippen LogP contribution in [-0.4, -0.2) is 34.5 Å². The molecule has 458 valence electrons. The number of hydrogen-bond donors (Lipinski definition) is 0. The Morgan fingerprint density at radius 3 is 1.06 bits per heavy atom. The van der Waals surface area contributed by atoms with Crippen LogP contribution in [0.2, 0.25) is 0 Å². The number of nitrogens with zero attached hydrogens (tertiary/aromatic N) is 8. The third kappa shape index (κ3) is 12.7. The second-order valence-corrected chi connectivity index (χ2v) is 33.1. The van der Waals surface area contributed by atoms with Crippen molar-refractivity contribution in [3.8, 4) is 80.1 Å². The smallest absolute Gasteiger partial charge is 0.166 e. The Balaban J connectivity index is 1.28. The van der Waals surface area contributed by atoms with E-state index in [1.54, 1.807) is 0 Å². The maximum atomic E-state index is 10.8. The molecule has 0 amide bonds. The van der Waals surface area contributed by atoms with Gasteiger partial charge in [0, 0.05) is 44.2 Å². The van der Waals surface area contributed by atoms with Gasteiger partial charge in [-0.05, 0) is 155 Å². The van der Waals surface area contributed by atoms with Crippen molar-refractivity contribution in [3.05, 3.63) is 184 Å². The molecule has 0 unspecified atom stereocenters. The highest BCUT2D eigenvalue weighted by Crippen LogP contribution is 2.46. The molecule has 3 aromatic heterocycles. The average molecular weight is 1180 g/mol. The molecular weight excluding hydrogens is 1080 g/mol. The van der Waals surface area contributed by atoms with Crippen molar-refractivity contribution < 1.29 is 0 Å². The molecule has 0 atom stereocenters. The molecule has 8 heteroatoms. The van der Waals surface area contributed by atoms with E-state index in [9.17, 15) is 5.26 Å². The average Bonchev–Trinajstić information content (AvgIpc) is 1.84. The standard InChI is InChI=1S/C81H94N8/c1-74(2,3)52-40-50(41-53(45-52)75(4,5)6)69-83-70(51-42-54(76(7,8)9)46-55(43-51)77(10,11)12)85-71(84-69)58-39-48(47-82)35-37-65(58)89-63-34-26-25-29-56(63)57-44-49(36-38-64(57)89)68-86-72(66-59(78(13,14)15)30-27-31-60(66)79(16,17)18)88-73(87-68)67-61(80(19,20)21)32-28-33-62(67)81(22,23)24/h25-46H,1-24H3. The van der Waals surface area contributed by atoms with Gasteiger partial charge in [-0.3, -0.25) is 0 Å². The van der Waals surface area contributed by atoms with Crippen molar-refractivity contribution in [2.24, 2.45) is 0 Å². The van der Waals surface area contributed by atoms with Gasteiger partial charge in [0.2, 0.25) is 0 Å². The van der Waals surface area contributed by atoms with Crippen molar-refractivity contribution in [2.45, 2.75) is 209 Å². The Bertz CT molecular complexity index is 4130. The molecular formula is C81H94N8. The molecule has 10 aromatic rings. The van der Waals surface area contributed by atoms with Gasteiger partial charge < -0.3 is 4.57 Å². The first kappa shape index (κ1) is 63.9. The highest BCUT2D eigenvalue weighted by molar-refractivity contribution is 6.11. The van der Waals surface area contributed by atoms with Gasteiger partial charge in [0.15, 0.2) is 34.9 Å². The van der Waals surface area contributed by atoms with Gasteiger partial charge in [-0.1, -0.05) is 233 Å². The summed E-state index contributed by atoms with van der Waals surface area (Å²) in [5, 5.41) is 12.9. The number of aromatic nitrogens is 7. The molecule has 0 aliphatic rings. The second kappa shape index (κ2) is 22.1. The zero-order chi connectivity index (χ0) is 65.1. The summed E-state index contributed by atoms with van der Waals surface area (Å²) in [6, 6.07) is 50.6. The maximum absolute atomic E-state index is 10.8. The van der Waals surface area contributed by atoms with Crippen LogP contribution in [-0.2, 0) is 43.3 Å². The van der Waals surface area contributed by atoms with Gasteiger partial charge in [-0.2, -0.15) is 5.26 Å². The van der Waals surface area contributed by atoms with Crippen molar-refractivity contribution >= 4 is 21.8 Å². The van der Waals surface area contributed by atoms with E-state index < -0.39 is 0 Å². The van der Waals surface area contributed by atoms with E-state index in [4.69, 9.17) is 29.9 Å². The van der Waals surface area contributed by atoms with E-state index in [-0.39, 0.29) is 43.3 Å². The Kier molecular flexibility index (Phi) is 15.9. The summed E-state index contributed by atoms with van der Waals surface area (Å²) < 4.78 is 2.30. The molecule has 0 bridgehead atoms. The van der Waals surface area contributed by atoms with Crippen LogP contribution in [0, 0.1) is 11.3 Å². The van der Waals surface area contributed by atoms with Crippen LogP contribution >= 0.6 is 0 Å². The third-order valence-electron chi connectivity index (χ3n) is 17.5. The highest BCUT2D eigenvalue weighted by Gasteiger charge is 2.33. The van der Waals surface area contributed by atoms with Crippen LogP contribution in [0.5, 0.6) is 0 Å². The Morgan fingerprint density at radius 1 is 0.303 bits per heavy atom. The van der Waals surface area contributed by atoms with Crippen LogP contribution in [0.15, 0.2) is 133 Å². The minimum Gasteiger partial charge on any atom is -0.308 e. The van der Waals surface area contributed by atoms with E-state index >= 15 is 0 Å². The molecule has 10 rings (SSSR count). The number of fused-ring (bicyclic) bond motifs is 3. The summed E-state index contributed by atoms with van der Waals surface area (Å²) in [4.78, 5) is 33.4. The molecule has 3 heterocycles. The molecule has 0 N–H and O–H groups in total. The van der Waals surface area contributed by atoms with Gasteiger partial charge in [0.25, 0.3) is 0 Å². The quantitative estimate of drug-likeness (QED) is 0.156. The lowest BCUT2D eigenvalue weighted by Crippen LogP contribution is -2.21. The first-order valence-electron chi connectivity index (χ1n) is 31.8. The van der Waals surface area contributed by atoms with Crippen molar-refractivity contribution in [2.75, 3.05) is 0 Å². The zero-order valence-corrected chi connectivity index (χ0v) is 57.8. The molecule has 89 heavy (non-hydrogen) atoms. The molecule has 0 radical (unpaired) electrons. The number of rotatable bonds is 7. The van der Waals surface area contributed by atoms with Crippen LogP contribution in [0.1, 0.15) is 216 Å². The monoisotopic (exact) mass is 1180 g/mol. The number of nitriles is 1. The SMILES string of the molecule is CC(C)(C)c1cc(-c2nc(-c3cc(C(C)(C)C)cc(C(C)(C)C)c3)nc(-c3cc(C#N)ccc3-n3c4ccccc4c4cc(-c5nc(-c6c(C(C)(C)C)cccc6C(C)(C)C)nc(-c6c(C(C)(C)C)cccc6C(C)(C)C)n5)ccc43)n2)cc(C(C)(C)C)c1. The second-order valence-electron chi connectivity index (χ2n) is 33.1. The van der Waals surface area contributed by atoms with Crippen molar-refractivity contribution in [3.63, 3.8) is 0 Å². The summed E-state index contributed by atoms with van der Waals surface area (Å²) in [6.07, 6.45) is 0. The molecule has 0 aliphatic carbocycles. The maximum Gasteiger partial charge on any atom is 0.166 e. The van der Waals surface area contributed by atoms with E-state index in [2.05, 4.69) is 298 Å². The van der Waals surface area contributed by atoms with E-state index in [0.717, 1.165) is 55.3 Å². The summed E-state index contributed by atoms with van der Waals surface area (Å²) in [6.45, 7) is 54.4. The van der Waals surface area contributed by atoms with Crippen LogP contribution < -0.4 is 0 Å². The van der Waals surface area contributed by atoms with Gasteiger partial charge >= 0.3 is 0 Å². The zero-order valence-electron chi connectivity index (χ0n) is 57.8. The lowest BCUT2D eigenvalue weighted by molar-refractivity contribution is 0.568. The summed E-state index contributed by atoms with van der Waals surface area (Å²) in [5.41, 5.74) is 16.8. The topological polar surface area (TPSA) is 106 Å². The molecule has 7 aromatic carbocycles. The summed E-state index contributed by atoms with van der Waals surface area (Å²) >= 11 is 0. The van der Waals surface area contributed by atoms with Crippen LogP contribution in [0.3, 0.4) is 0 Å². The van der Waals surface area contributed by atoms with E-state index in [1.807, 2.05) is 12.1 Å². The van der Waals surface area contributed by atoms with E-state index in [0.29, 0.717) is 46.1 Å². The van der Waals surface area contributed by atoms with Crippen LogP contribution in [0.4, 0.5) is 0 Å². The Labute approximate surface area is 531 Å². The minimum atomic E-state index is -0.223. The molecule has 0 saturated carbocycles. The molecule has 0 aliphatic heterocycles. The summed E-state index contributed by atoms with van der Waals surface area (Å²) in [7, 11) is 0. The van der Waals surface area contributed by atoms with Gasteiger partial charge in [-0.25, -0.2) is 29.9 Å². The molecule has 0 fully saturated rings. The molecule has 0 spiro atoms. The van der Waals surface area contributed by atoms with Crippen molar-refractivity contribution in [1.82, 2.24) is 34.5 Å². The fourth-order valence-corrected chi connectivity index (χ4v) is 12.2. The van der Waals surface area contributed by atoms with Crippen molar-refractivity contribution in [1.29, 1.82) is 5.26 Å². The first-order chi connectivity index (χ1) is 41.1. The lowest BCUT2D eigenvalue weighted by atomic mass is 9.75. The third-order valence-corrected chi connectivity index (χ3v) is 17.5.